The number of hydrogen-bond acceptors (Lipinski definition) is 4. The number of rotatable bonds is 3. The van der Waals surface area contributed by atoms with Gasteiger partial charge in [-0.25, -0.2) is 0 Å². The van der Waals surface area contributed by atoms with Gasteiger partial charge in [0, 0.05) is 36.1 Å². The van der Waals surface area contributed by atoms with Crippen molar-refractivity contribution in [1.29, 1.82) is 0 Å². The van der Waals surface area contributed by atoms with Crippen LogP contribution in [0.4, 0.5) is 0 Å². The second kappa shape index (κ2) is 6.79. The third-order valence-electron chi connectivity index (χ3n) is 4.53. The van der Waals surface area contributed by atoms with E-state index in [9.17, 15) is 0 Å². The van der Waals surface area contributed by atoms with Crippen molar-refractivity contribution in [2.45, 2.75) is 12.5 Å². The lowest BCUT2D eigenvalue weighted by Gasteiger charge is -2.31. The number of hydrogen-bond donors (Lipinski definition) is 1. The number of thiophene rings is 1. The fourth-order valence-corrected chi connectivity index (χ4v) is 4.33. The molecule has 118 valence electrons. The first-order valence-corrected chi connectivity index (χ1v) is 9.13. The molecule has 1 unspecified atom stereocenters. The lowest BCUT2D eigenvalue weighted by atomic mass is 9.99. The molecule has 1 aromatic carbocycles. The van der Waals surface area contributed by atoms with Gasteiger partial charge in [-0.05, 0) is 42.1 Å². The van der Waals surface area contributed by atoms with Crippen molar-refractivity contribution in [1.82, 2.24) is 15.2 Å². The highest BCUT2D eigenvalue weighted by molar-refractivity contribution is 7.10. The largest absolute Gasteiger partial charge is 0.315 e. The molecule has 1 atom stereocenters. The molecule has 4 rings (SSSR count). The van der Waals surface area contributed by atoms with Crippen molar-refractivity contribution in [2.24, 2.45) is 0 Å². The standard InChI is InChI=1S/C19H21N3S/c1-2-6-17-15(5-1)16(8-10-21-17)19(18-7-3-14-23-18)22-12-4-9-20-11-13-22/h1-3,5-8,10,14,19-20H,4,9,11-13H2. The maximum atomic E-state index is 4.54. The van der Waals surface area contributed by atoms with Crippen molar-refractivity contribution < 1.29 is 0 Å². The molecule has 3 aromatic rings. The Morgan fingerprint density at radius 3 is 2.91 bits per heavy atom. The normalized spacial score (nSPS) is 17.9. The Morgan fingerprint density at radius 2 is 2.00 bits per heavy atom. The van der Waals surface area contributed by atoms with E-state index in [0.29, 0.717) is 6.04 Å². The molecule has 1 aliphatic rings. The van der Waals surface area contributed by atoms with Gasteiger partial charge in [0.1, 0.15) is 0 Å². The van der Waals surface area contributed by atoms with Gasteiger partial charge >= 0.3 is 0 Å². The zero-order valence-corrected chi connectivity index (χ0v) is 13.9. The smallest absolute Gasteiger partial charge is 0.0705 e. The molecule has 4 heteroatoms. The molecular formula is C19H21N3S. The van der Waals surface area contributed by atoms with Crippen molar-refractivity contribution >= 4 is 22.2 Å². The lowest BCUT2D eigenvalue weighted by molar-refractivity contribution is 0.245. The summed E-state index contributed by atoms with van der Waals surface area (Å²) >= 11 is 1.85. The molecule has 1 aliphatic heterocycles. The highest BCUT2D eigenvalue weighted by Crippen LogP contribution is 2.35. The predicted octanol–water partition coefficient (Wildman–Crippen LogP) is 3.68. The number of para-hydroxylation sites is 1. The highest BCUT2D eigenvalue weighted by atomic mass is 32.1. The summed E-state index contributed by atoms with van der Waals surface area (Å²) in [4.78, 5) is 8.58. The van der Waals surface area contributed by atoms with Crippen LogP contribution in [-0.4, -0.2) is 36.1 Å². The maximum Gasteiger partial charge on any atom is 0.0705 e. The monoisotopic (exact) mass is 323 g/mol. The van der Waals surface area contributed by atoms with Gasteiger partial charge in [0.25, 0.3) is 0 Å². The van der Waals surface area contributed by atoms with Crippen LogP contribution in [0.25, 0.3) is 10.9 Å². The number of fused-ring (bicyclic) bond motifs is 1. The van der Waals surface area contributed by atoms with Crippen molar-refractivity contribution in [3.05, 3.63) is 64.5 Å². The number of nitrogens with zero attached hydrogens (tertiary/aromatic N) is 2. The molecular weight excluding hydrogens is 302 g/mol. The molecule has 1 N–H and O–H groups in total. The van der Waals surface area contributed by atoms with Gasteiger partial charge < -0.3 is 5.32 Å². The Labute approximate surface area is 141 Å². The summed E-state index contributed by atoms with van der Waals surface area (Å²) in [6, 6.07) is 15.4. The van der Waals surface area contributed by atoms with E-state index in [2.05, 4.69) is 63.0 Å². The third kappa shape index (κ3) is 3.02. The molecule has 3 heterocycles. The van der Waals surface area contributed by atoms with E-state index in [1.54, 1.807) is 0 Å². The molecule has 0 amide bonds. The summed E-state index contributed by atoms with van der Waals surface area (Å²) in [5.74, 6) is 0. The summed E-state index contributed by atoms with van der Waals surface area (Å²) in [6.07, 6.45) is 3.15. The minimum Gasteiger partial charge on any atom is -0.315 e. The Hall–Kier alpha value is -1.75. The SMILES string of the molecule is c1csc(C(c2ccnc3ccccc23)N2CCCNCC2)c1. The summed E-state index contributed by atoms with van der Waals surface area (Å²) < 4.78 is 0. The van der Waals surface area contributed by atoms with Crippen LogP contribution in [0.5, 0.6) is 0 Å². The van der Waals surface area contributed by atoms with Gasteiger partial charge in [0.2, 0.25) is 0 Å². The molecule has 0 radical (unpaired) electrons. The fourth-order valence-electron chi connectivity index (χ4n) is 3.46. The van der Waals surface area contributed by atoms with E-state index in [1.165, 1.54) is 22.2 Å². The van der Waals surface area contributed by atoms with Crippen LogP contribution in [0.3, 0.4) is 0 Å². The lowest BCUT2D eigenvalue weighted by Crippen LogP contribution is -2.32. The van der Waals surface area contributed by atoms with E-state index in [4.69, 9.17) is 0 Å². The van der Waals surface area contributed by atoms with Gasteiger partial charge in [-0.1, -0.05) is 24.3 Å². The Kier molecular flexibility index (Phi) is 4.37. The Bertz CT molecular complexity index is 756. The van der Waals surface area contributed by atoms with Crippen LogP contribution < -0.4 is 5.32 Å². The first kappa shape index (κ1) is 14.8. The second-order valence-electron chi connectivity index (χ2n) is 5.97. The quantitative estimate of drug-likeness (QED) is 0.797. The van der Waals surface area contributed by atoms with Gasteiger partial charge in [-0.2, -0.15) is 0 Å². The molecule has 3 nitrogen and oxygen atoms in total. The van der Waals surface area contributed by atoms with E-state index >= 15 is 0 Å². The topological polar surface area (TPSA) is 28.2 Å². The third-order valence-corrected chi connectivity index (χ3v) is 5.45. The highest BCUT2D eigenvalue weighted by Gasteiger charge is 2.25. The van der Waals surface area contributed by atoms with Gasteiger partial charge in [-0.15, -0.1) is 11.3 Å². The van der Waals surface area contributed by atoms with Crippen LogP contribution in [0.1, 0.15) is 22.9 Å². The summed E-state index contributed by atoms with van der Waals surface area (Å²) in [5.41, 5.74) is 2.46. The van der Waals surface area contributed by atoms with Crippen molar-refractivity contribution in [3.8, 4) is 0 Å². The minimum atomic E-state index is 0.322. The summed E-state index contributed by atoms with van der Waals surface area (Å²) in [7, 11) is 0. The molecule has 23 heavy (non-hydrogen) atoms. The number of benzene rings is 1. The van der Waals surface area contributed by atoms with E-state index < -0.39 is 0 Å². The number of nitrogens with one attached hydrogen (secondary N) is 1. The molecule has 0 spiro atoms. The zero-order valence-electron chi connectivity index (χ0n) is 13.1. The van der Waals surface area contributed by atoms with E-state index in [1.807, 2.05) is 17.5 Å². The first-order chi connectivity index (χ1) is 11.4. The van der Waals surface area contributed by atoms with E-state index in [0.717, 1.165) is 31.7 Å². The summed E-state index contributed by atoms with van der Waals surface area (Å²) in [6.45, 7) is 4.39. The molecule has 1 saturated heterocycles. The fraction of sp³-hybridized carbons (Fsp3) is 0.316. The predicted molar refractivity (Wildman–Crippen MR) is 97.0 cm³/mol. The number of pyridine rings is 1. The van der Waals surface area contributed by atoms with Crippen LogP contribution in [0, 0.1) is 0 Å². The molecule has 0 aliphatic carbocycles. The maximum absolute atomic E-state index is 4.54. The number of aromatic nitrogens is 1. The Balaban J connectivity index is 1.83. The molecule has 0 bridgehead atoms. The average Bonchev–Trinajstić information content (AvgIpc) is 2.98. The first-order valence-electron chi connectivity index (χ1n) is 8.25. The van der Waals surface area contributed by atoms with Crippen molar-refractivity contribution in [2.75, 3.05) is 26.2 Å². The van der Waals surface area contributed by atoms with E-state index in [-0.39, 0.29) is 0 Å². The van der Waals surface area contributed by atoms with Gasteiger partial charge in [0.05, 0.1) is 11.6 Å². The van der Waals surface area contributed by atoms with Crippen LogP contribution in [0.2, 0.25) is 0 Å². The second-order valence-corrected chi connectivity index (χ2v) is 6.95. The van der Waals surface area contributed by atoms with Gasteiger partial charge in [0.15, 0.2) is 0 Å². The van der Waals surface area contributed by atoms with Gasteiger partial charge in [-0.3, -0.25) is 9.88 Å². The summed E-state index contributed by atoms with van der Waals surface area (Å²) in [5, 5.41) is 6.97. The Morgan fingerprint density at radius 1 is 1.04 bits per heavy atom. The zero-order chi connectivity index (χ0) is 15.5. The molecule has 0 saturated carbocycles. The van der Waals surface area contributed by atoms with Crippen LogP contribution >= 0.6 is 11.3 Å². The van der Waals surface area contributed by atoms with Crippen LogP contribution in [-0.2, 0) is 0 Å². The van der Waals surface area contributed by atoms with Crippen LogP contribution in [0.15, 0.2) is 54.0 Å². The molecule has 1 fully saturated rings. The molecule has 2 aromatic heterocycles. The van der Waals surface area contributed by atoms with Crippen molar-refractivity contribution in [3.63, 3.8) is 0 Å². The minimum absolute atomic E-state index is 0.322. The average molecular weight is 323 g/mol.